The molecule has 234 valence electrons. The molecule has 0 amide bonds. The molecule has 44 heavy (non-hydrogen) atoms. The predicted molar refractivity (Wildman–Crippen MR) is 161 cm³/mol. The lowest BCUT2D eigenvalue weighted by Gasteiger charge is -2.46. The van der Waals surface area contributed by atoms with Gasteiger partial charge in [-0.2, -0.15) is 0 Å². The van der Waals surface area contributed by atoms with Crippen molar-refractivity contribution < 1.29 is 54.2 Å². The number of phenolic OH excluding ortho intramolecular Hbond substituents is 1. The van der Waals surface area contributed by atoms with Gasteiger partial charge in [-0.3, -0.25) is 9.28 Å². The molecular weight excluding hydrogens is 570 g/mol. The maximum Gasteiger partial charge on any atom is 0.335 e. The van der Waals surface area contributed by atoms with Gasteiger partial charge in [0.15, 0.2) is 12.2 Å². The number of nitrogens with zero attached hydrogens (tertiary/aromatic N) is 1. The van der Waals surface area contributed by atoms with E-state index in [0.717, 1.165) is 27.8 Å². The van der Waals surface area contributed by atoms with Crippen LogP contribution in [0, 0.1) is 0 Å². The maximum absolute atomic E-state index is 11.5. The van der Waals surface area contributed by atoms with Gasteiger partial charge in [0.05, 0.1) is 14.1 Å². The van der Waals surface area contributed by atoms with Crippen LogP contribution in [0.5, 0.6) is 11.5 Å². The van der Waals surface area contributed by atoms with Crippen LogP contribution in [0.15, 0.2) is 78.9 Å². The second-order valence-electron chi connectivity index (χ2n) is 11.3. The van der Waals surface area contributed by atoms with Crippen LogP contribution in [0.2, 0.25) is 0 Å². The highest BCUT2D eigenvalue weighted by Crippen LogP contribution is 2.36. The molecule has 4 rings (SSSR count). The zero-order chi connectivity index (χ0) is 32.0. The first kappa shape index (κ1) is 32.6. The molecule has 0 bridgehead atoms. The number of hydrogen-bond acceptors (Lipinski definition) is 8. The van der Waals surface area contributed by atoms with Crippen LogP contribution in [-0.4, -0.2) is 105 Å². The first-order valence-corrected chi connectivity index (χ1v) is 14.2. The number of quaternary nitrogens is 1. The van der Waals surface area contributed by atoms with Crippen molar-refractivity contribution in [2.24, 2.45) is 0 Å². The molecule has 0 spiro atoms. The predicted octanol–water partition coefficient (Wildman–Crippen LogP) is 2.56. The third-order valence-electron chi connectivity index (χ3n) is 7.77. The third kappa shape index (κ3) is 7.62. The van der Waals surface area contributed by atoms with Gasteiger partial charge in [0.1, 0.15) is 36.9 Å². The molecule has 3 aromatic carbocycles. The molecule has 5 atom stereocenters. The smallest absolute Gasteiger partial charge is 0.335 e. The van der Waals surface area contributed by atoms with Crippen molar-refractivity contribution in [2.75, 3.05) is 27.2 Å². The molecule has 11 heteroatoms. The molecule has 1 aliphatic rings. The lowest BCUT2D eigenvalue weighted by Crippen LogP contribution is -2.68. The second kappa shape index (κ2) is 14.0. The van der Waals surface area contributed by atoms with Crippen molar-refractivity contribution in [3.8, 4) is 11.5 Å². The van der Waals surface area contributed by atoms with Gasteiger partial charge < -0.3 is 40.1 Å². The van der Waals surface area contributed by atoms with Crippen LogP contribution in [0.4, 0.5) is 0 Å². The number of ether oxygens (including phenoxy) is 2. The number of carboxylic acid groups (broad SMARTS) is 2. The van der Waals surface area contributed by atoms with E-state index >= 15 is 0 Å². The standard InChI is InChI=1S/C33H37NO10/c1-34(2,32-30(40)28(38)29(39)31(44-32)33(41)42)18-19-43-24-14-10-22(11-15-24)27(21-8-12-23(35)13-9-21)25(16-17-26(36)37)20-6-4-3-5-7-20/h3-15,28-32,38-40H,16-19H2,1-2H3,(H2-,35,36,37,41,42)/p+1/b27-25-/t28-,29+,30+,31?,32-/m1/s1. The summed E-state index contributed by atoms with van der Waals surface area (Å²) in [6.07, 6.45) is -7.56. The lowest BCUT2D eigenvalue weighted by molar-refractivity contribution is -0.944. The van der Waals surface area contributed by atoms with Crippen LogP contribution < -0.4 is 4.74 Å². The van der Waals surface area contributed by atoms with Gasteiger partial charge in [-0.15, -0.1) is 0 Å². The summed E-state index contributed by atoms with van der Waals surface area (Å²) >= 11 is 0. The average Bonchev–Trinajstić information content (AvgIpc) is 2.99. The molecular formula is C33H38NO10+. The van der Waals surface area contributed by atoms with Gasteiger partial charge in [-0.05, 0) is 58.5 Å². The van der Waals surface area contributed by atoms with E-state index in [1.807, 2.05) is 42.5 Å². The normalized spacial score (nSPS) is 22.6. The third-order valence-corrected chi connectivity index (χ3v) is 7.77. The number of aromatic hydroxyl groups is 1. The largest absolute Gasteiger partial charge is 0.508 e. The zero-order valence-corrected chi connectivity index (χ0v) is 24.5. The van der Waals surface area contributed by atoms with Crippen molar-refractivity contribution >= 4 is 23.1 Å². The summed E-state index contributed by atoms with van der Waals surface area (Å²) in [6.45, 7) is 0.425. The van der Waals surface area contributed by atoms with E-state index in [-0.39, 0.29) is 36.2 Å². The maximum atomic E-state index is 11.5. The average molecular weight is 609 g/mol. The Bertz CT molecular complexity index is 1450. The topological polar surface area (TPSA) is 174 Å². The summed E-state index contributed by atoms with van der Waals surface area (Å²) in [6, 6.07) is 23.6. The number of aliphatic hydroxyl groups excluding tert-OH is 3. The molecule has 1 aliphatic heterocycles. The summed E-state index contributed by atoms with van der Waals surface area (Å²) in [7, 11) is 3.39. The number of hydrogen-bond donors (Lipinski definition) is 6. The van der Waals surface area contributed by atoms with E-state index in [1.54, 1.807) is 50.5 Å². The van der Waals surface area contributed by atoms with Crippen molar-refractivity contribution in [3.05, 3.63) is 95.6 Å². The molecule has 0 radical (unpaired) electrons. The summed E-state index contributed by atoms with van der Waals surface area (Å²) < 4.78 is 11.4. The molecule has 1 saturated heterocycles. The number of carbonyl (C=O) groups is 2. The molecule has 1 unspecified atom stereocenters. The Labute approximate surface area is 255 Å². The Morgan fingerprint density at radius 1 is 0.773 bits per heavy atom. The Morgan fingerprint density at radius 2 is 1.36 bits per heavy atom. The van der Waals surface area contributed by atoms with Crippen molar-refractivity contribution in [1.82, 2.24) is 0 Å². The Morgan fingerprint density at radius 3 is 1.93 bits per heavy atom. The van der Waals surface area contributed by atoms with Crippen LogP contribution in [0.3, 0.4) is 0 Å². The number of allylic oxidation sites excluding steroid dienone is 1. The zero-order valence-electron chi connectivity index (χ0n) is 24.5. The van der Waals surface area contributed by atoms with Crippen molar-refractivity contribution in [2.45, 2.75) is 43.5 Å². The number of rotatable bonds is 12. The summed E-state index contributed by atoms with van der Waals surface area (Å²) in [5, 5.41) is 59.4. The molecule has 0 aliphatic carbocycles. The van der Waals surface area contributed by atoms with Gasteiger partial charge in [0.25, 0.3) is 0 Å². The molecule has 0 aromatic heterocycles. The molecule has 11 nitrogen and oxygen atoms in total. The highest BCUT2D eigenvalue weighted by Gasteiger charge is 2.52. The first-order valence-electron chi connectivity index (χ1n) is 14.2. The fourth-order valence-electron chi connectivity index (χ4n) is 5.32. The van der Waals surface area contributed by atoms with Crippen LogP contribution in [-0.2, 0) is 14.3 Å². The number of benzene rings is 3. The monoisotopic (exact) mass is 608 g/mol. The number of phenols is 1. The second-order valence-corrected chi connectivity index (χ2v) is 11.3. The summed E-state index contributed by atoms with van der Waals surface area (Å²) in [4.78, 5) is 23.1. The van der Waals surface area contributed by atoms with Crippen molar-refractivity contribution in [3.63, 3.8) is 0 Å². The highest BCUT2D eigenvalue weighted by molar-refractivity contribution is 5.99. The summed E-state index contributed by atoms with van der Waals surface area (Å²) in [5.74, 6) is -1.71. The fourth-order valence-corrected chi connectivity index (χ4v) is 5.32. The van der Waals surface area contributed by atoms with E-state index in [0.29, 0.717) is 5.75 Å². The van der Waals surface area contributed by atoms with Gasteiger partial charge >= 0.3 is 11.9 Å². The van der Waals surface area contributed by atoms with Gasteiger partial charge in [0, 0.05) is 6.42 Å². The van der Waals surface area contributed by atoms with Crippen LogP contribution >= 0.6 is 0 Å². The number of aliphatic carboxylic acids is 2. The van der Waals surface area contributed by atoms with Crippen LogP contribution in [0.1, 0.15) is 29.5 Å². The SMILES string of the molecule is C[N+](C)(CCOc1ccc(/C(=C(/CCC(=O)O)c2ccccc2)c2ccc(O)cc2)cc1)[C@@H]1OC(C(=O)O)[C@@H](O)[C@@H](O)[C@@H]1O. The summed E-state index contributed by atoms with van der Waals surface area (Å²) in [5.41, 5.74) is 4.16. The minimum absolute atomic E-state index is 0.0510. The number of likely N-dealkylation sites (N-methyl/N-ethyl adjacent to an activating group) is 1. The minimum Gasteiger partial charge on any atom is -0.508 e. The Balaban J connectivity index is 1.56. The fraction of sp³-hybridized carbons (Fsp3) is 0.333. The molecule has 1 heterocycles. The van der Waals surface area contributed by atoms with Crippen molar-refractivity contribution in [1.29, 1.82) is 0 Å². The van der Waals surface area contributed by atoms with E-state index in [2.05, 4.69) is 0 Å². The number of carboxylic acids is 2. The van der Waals surface area contributed by atoms with E-state index < -0.39 is 42.6 Å². The molecule has 1 fully saturated rings. The van der Waals surface area contributed by atoms with E-state index in [4.69, 9.17) is 9.47 Å². The first-order chi connectivity index (χ1) is 20.9. The molecule has 3 aromatic rings. The quantitative estimate of drug-likeness (QED) is 0.132. The molecule has 0 saturated carbocycles. The number of aliphatic hydroxyl groups is 3. The van der Waals surface area contributed by atoms with Crippen LogP contribution in [0.25, 0.3) is 11.1 Å². The lowest BCUT2D eigenvalue weighted by atomic mass is 9.87. The Kier molecular flexibility index (Phi) is 10.4. The van der Waals surface area contributed by atoms with E-state index in [1.165, 1.54) is 0 Å². The Hall–Kier alpha value is -4.26. The molecule has 6 N–H and O–H groups in total. The van der Waals surface area contributed by atoms with E-state index in [9.17, 15) is 40.2 Å². The minimum atomic E-state index is -1.76. The van der Waals surface area contributed by atoms with Gasteiger partial charge in [0.2, 0.25) is 6.23 Å². The van der Waals surface area contributed by atoms with Gasteiger partial charge in [-0.1, -0.05) is 54.6 Å². The van der Waals surface area contributed by atoms with Gasteiger partial charge in [-0.25, -0.2) is 4.79 Å². The highest BCUT2D eigenvalue weighted by atomic mass is 16.6.